The molecule has 0 radical (unpaired) electrons. The van der Waals surface area contributed by atoms with E-state index >= 15 is 0 Å². The van der Waals surface area contributed by atoms with Crippen LogP contribution in [0.4, 0.5) is 0 Å². The standard InChI is InChI=1S/C15H21NO3/c1-15(2,3)16-9-14-12(6-8-19-14)10-17-11-13-5-4-7-18-13/h4-8,16H,9-11H2,1-3H3. The van der Waals surface area contributed by atoms with E-state index in [9.17, 15) is 0 Å². The van der Waals surface area contributed by atoms with Gasteiger partial charge in [0.25, 0.3) is 0 Å². The van der Waals surface area contributed by atoms with Crippen molar-refractivity contribution in [2.45, 2.75) is 46.1 Å². The zero-order chi connectivity index (χ0) is 13.7. The van der Waals surface area contributed by atoms with Gasteiger partial charge >= 0.3 is 0 Å². The van der Waals surface area contributed by atoms with Gasteiger partial charge in [-0.3, -0.25) is 0 Å². The molecule has 0 unspecified atom stereocenters. The predicted molar refractivity (Wildman–Crippen MR) is 72.5 cm³/mol. The summed E-state index contributed by atoms with van der Waals surface area (Å²) < 4.78 is 16.3. The molecule has 19 heavy (non-hydrogen) atoms. The molecule has 2 rings (SSSR count). The first kappa shape index (κ1) is 13.9. The second-order valence-corrected chi connectivity index (χ2v) is 5.54. The molecule has 0 spiro atoms. The van der Waals surface area contributed by atoms with Gasteiger partial charge in [0, 0.05) is 11.1 Å². The highest BCUT2D eigenvalue weighted by Crippen LogP contribution is 2.14. The minimum Gasteiger partial charge on any atom is -0.468 e. The fourth-order valence-electron chi connectivity index (χ4n) is 1.65. The summed E-state index contributed by atoms with van der Waals surface area (Å²) in [5.74, 6) is 1.76. The highest BCUT2D eigenvalue weighted by atomic mass is 16.5. The Morgan fingerprint density at radius 3 is 2.63 bits per heavy atom. The summed E-state index contributed by atoms with van der Waals surface area (Å²) in [6, 6.07) is 5.70. The van der Waals surface area contributed by atoms with E-state index in [1.807, 2.05) is 18.2 Å². The lowest BCUT2D eigenvalue weighted by Crippen LogP contribution is -2.35. The van der Waals surface area contributed by atoms with Crippen LogP contribution in [-0.2, 0) is 24.5 Å². The molecule has 104 valence electrons. The monoisotopic (exact) mass is 263 g/mol. The normalized spacial score (nSPS) is 11.9. The Balaban J connectivity index is 1.82. The van der Waals surface area contributed by atoms with E-state index in [1.165, 1.54) is 0 Å². The quantitative estimate of drug-likeness (QED) is 0.866. The molecule has 2 aromatic rings. The molecule has 1 N–H and O–H groups in total. The summed E-state index contributed by atoms with van der Waals surface area (Å²) >= 11 is 0. The first-order chi connectivity index (χ1) is 9.04. The molecule has 0 fully saturated rings. The minimum absolute atomic E-state index is 0.0685. The number of hydrogen-bond donors (Lipinski definition) is 1. The molecule has 0 aliphatic rings. The maximum absolute atomic E-state index is 5.61. The van der Waals surface area contributed by atoms with Crippen LogP contribution in [0.25, 0.3) is 0 Å². The molecular formula is C15H21NO3. The molecule has 4 nitrogen and oxygen atoms in total. The first-order valence-corrected chi connectivity index (χ1v) is 6.45. The van der Waals surface area contributed by atoms with E-state index in [1.54, 1.807) is 12.5 Å². The lowest BCUT2D eigenvalue weighted by molar-refractivity contribution is 0.0917. The van der Waals surface area contributed by atoms with Crippen LogP contribution in [0.1, 0.15) is 37.9 Å². The molecule has 0 aromatic carbocycles. The van der Waals surface area contributed by atoms with Gasteiger partial charge in [0.05, 0.1) is 25.7 Å². The van der Waals surface area contributed by atoms with Crippen molar-refractivity contribution in [3.05, 3.63) is 47.8 Å². The molecule has 0 aliphatic carbocycles. The third-order valence-electron chi connectivity index (χ3n) is 2.70. The molecular weight excluding hydrogens is 242 g/mol. The highest BCUT2D eigenvalue weighted by molar-refractivity contribution is 5.16. The van der Waals surface area contributed by atoms with Crippen LogP contribution in [0.3, 0.4) is 0 Å². The Hall–Kier alpha value is -1.52. The SMILES string of the molecule is CC(C)(C)NCc1occc1COCc1ccco1. The van der Waals surface area contributed by atoms with Gasteiger partial charge in [-0.05, 0) is 39.0 Å². The lowest BCUT2D eigenvalue weighted by Gasteiger charge is -2.20. The van der Waals surface area contributed by atoms with E-state index in [2.05, 4.69) is 26.1 Å². The second kappa shape index (κ2) is 6.08. The molecule has 0 bridgehead atoms. The number of nitrogens with one attached hydrogen (secondary N) is 1. The molecule has 0 saturated heterocycles. The summed E-state index contributed by atoms with van der Waals surface area (Å²) in [4.78, 5) is 0. The molecule has 0 amide bonds. The van der Waals surface area contributed by atoms with Crippen molar-refractivity contribution in [2.24, 2.45) is 0 Å². The third-order valence-corrected chi connectivity index (χ3v) is 2.70. The fraction of sp³-hybridized carbons (Fsp3) is 0.467. The van der Waals surface area contributed by atoms with E-state index in [-0.39, 0.29) is 5.54 Å². The van der Waals surface area contributed by atoms with Crippen LogP contribution in [0.15, 0.2) is 39.6 Å². The van der Waals surface area contributed by atoms with Crippen molar-refractivity contribution in [1.29, 1.82) is 0 Å². The van der Waals surface area contributed by atoms with Crippen LogP contribution >= 0.6 is 0 Å². The topological polar surface area (TPSA) is 47.5 Å². The van der Waals surface area contributed by atoms with E-state index in [4.69, 9.17) is 13.6 Å². The smallest absolute Gasteiger partial charge is 0.129 e. The Morgan fingerprint density at radius 2 is 1.95 bits per heavy atom. The molecule has 2 heterocycles. The van der Waals surface area contributed by atoms with Crippen molar-refractivity contribution < 1.29 is 13.6 Å². The highest BCUT2D eigenvalue weighted by Gasteiger charge is 2.12. The average Bonchev–Trinajstić information content (AvgIpc) is 2.96. The van der Waals surface area contributed by atoms with Gasteiger partial charge < -0.3 is 18.9 Å². The Labute approximate surface area is 113 Å². The zero-order valence-corrected chi connectivity index (χ0v) is 11.7. The lowest BCUT2D eigenvalue weighted by atomic mass is 10.1. The van der Waals surface area contributed by atoms with Crippen molar-refractivity contribution in [3.63, 3.8) is 0 Å². The molecule has 0 aliphatic heterocycles. The van der Waals surface area contributed by atoms with Crippen LogP contribution in [-0.4, -0.2) is 5.54 Å². The van der Waals surface area contributed by atoms with Gasteiger partial charge in [-0.2, -0.15) is 0 Å². The van der Waals surface area contributed by atoms with Crippen molar-refractivity contribution in [1.82, 2.24) is 5.32 Å². The second-order valence-electron chi connectivity index (χ2n) is 5.54. The Bertz CT molecular complexity index is 480. The van der Waals surface area contributed by atoms with Gasteiger partial charge in [-0.1, -0.05) is 0 Å². The van der Waals surface area contributed by atoms with Crippen molar-refractivity contribution in [2.75, 3.05) is 0 Å². The zero-order valence-electron chi connectivity index (χ0n) is 11.7. The van der Waals surface area contributed by atoms with Crippen LogP contribution in [0.2, 0.25) is 0 Å². The maximum atomic E-state index is 5.61. The van der Waals surface area contributed by atoms with E-state index < -0.39 is 0 Å². The number of rotatable bonds is 6. The molecule has 2 aromatic heterocycles. The van der Waals surface area contributed by atoms with E-state index in [0.29, 0.717) is 19.8 Å². The van der Waals surface area contributed by atoms with Crippen molar-refractivity contribution in [3.8, 4) is 0 Å². The van der Waals surface area contributed by atoms with Crippen LogP contribution < -0.4 is 5.32 Å². The van der Waals surface area contributed by atoms with E-state index in [0.717, 1.165) is 17.1 Å². The third kappa shape index (κ3) is 4.58. The fourth-order valence-corrected chi connectivity index (χ4v) is 1.65. The largest absolute Gasteiger partial charge is 0.468 e. The molecule has 4 heteroatoms. The van der Waals surface area contributed by atoms with Gasteiger partial charge in [0.15, 0.2) is 0 Å². The van der Waals surface area contributed by atoms with Gasteiger partial charge in [-0.25, -0.2) is 0 Å². The maximum Gasteiger partial charge on any atom is 0.129 e. The number of furan rings is 2. The van der Waals surface area contributed by atoms with Crippen LogP contribution in [0.5, 0.6) is 0 Å². The summed E-state index contributed by atoms with van der Waals surface area (Å²) in [7, 11) is 0. The van der Waals surface area contributed by atoms with Gasteiger partial charge in [0.1, 0.15) is 18.1 Å². The first-order valence-electron chi connectivity index (χ1n) is 6.45. The minimum atomic E-state index is 0.0685. The van der Waals surface area contributed by atoms with Crippen molar-refractivity contribution >= 4 is 0 Å². The predicted octanol–water partition coefficient (Wildman–Crippen LogP) is 3.48. The Morgan fingerprint density at radius 1 is 1.11 bits per heavy atom. The molecule has 0 saturated carbocycles. The van der Waals surface area contributed by atoms with Gasteiger partial charge in [-0.15, -0.1) is 0 Å². The summed E-state index contributed by atoms with van der Waals surface area (Å²) in [6.45, 7) is 8.09. The van der Waals surface area contributed by atoms with Crippen LogP contribution in [0, 0.1) is 0 Å². The number of hydrogen-bond acceptors (Lipinski definition) is 4. The average molecular weight is 263 g/mol. The van der Waals surface area contributed by atoms with Gasteiger partial charge in [0.2, 0.25) is 0 Å². The summed E-state index contributed by atoms with van der Waals surface area (Å²) in [6.07, 6.45) is 3.35. The summed E-state index contributed by atoms with van der Waals surface area (Å²) in [5, 5.41) is 3.40. The number of ether oxygens (including phenoxy) is 1. The Kier molecular flexibility index (Phi) is 4.45. The summed E-state index contributed by atoms with van der Waals surface area (Å²) in [5.41, 5.74) is 1.14. The molecule has 0 atom stereocenters.